The zero-order chi connectivity index (χ0) is 45.5. The molecule has 64 heavy (non-hydrogen) atoms. The van der Waals surface area contributed by atoms with Crippen LogP contribution >= 0.6 is 22.7 Å². The summed E-state index contributed by atoms with van der Waals surface area (Å²) in [5.74, 6) is 0. The molecule has 0 bridgehead atoms. The predicted octanol–water partition coefficient (Wildman–Crippen LogP) is 6.14. The van der Waals surface area contributed by atoms with Crippen LogP contribution in [0.3, 0.4) is 0 Å². The normalized spacial score (nSPS) is 19.6. The largest absolute Gasteiger partial charge is 0.393 e. The molecule has 4 heterocycles. The first-order valence-electron chi connectivity index (χ1n) is 21.2. The molecule has 2 aliphatic heterocycles. The Kier molecular flexibility index (Phi) is 15.1. The fourth-order valence-corrected chi connectivity index (χ4v) is 13.4. The van der Waals surface area contributed by atoms with E-state index in [4.69, 9.17) is 0 Å². The molecule has 4 N–H and O–H groups in total. The summed E-state index contributed by atoms with van der Waals surface area (Å²) in [7, 11) is -7.03. The monoisotopic (exact) mass is 944 g/mol. The molecule has 12 nitrogen and oxygen atoms in total. The molecule has 6 aromatic rings. The molecule has 0 radical (unpaired) electrons. The van der Waals surface area contributed by atoms with Gasteiger partial charge in [-0.25, -0.2) is 16.8 Å². The Morgan fingerprint density at radius 1 is 0.516 bits per heavy atom. The Morgan fingerprint density at radius 3 is 1.19 bits per heavy atom. The molecule has 16 heteroatoms. The highest BCUT2D eigenvalue weighted by Crippen LogP contribution is 2.32. The maximum Gasteiger partial charge on any atom is 0.252 e. The van der Waals surface area contributed by atoms with Crippen LogP contribution < -0.4 is 9.80 Å². The Balaban J connectivity index is 0.000000191. The van der Waals surface area contributed by atoms with Crippen molar-refractivity contribution in [3.63, 3.8) is 0 Å². The maximum absolute atomic E-state index is 13.1. The van der Waals surface area contributed by atoms with Gasteiger partial charge in [-0.2, -0.15) is 8.61 Å². The number of hydrogen-bond acceptors (Lipinski definition) is 12. The van der Waals surface area contributed by atoms with Gasteiger partial charge < -0.3 is 30.2 Å². The lowest BCUT2D eigenvalue weighted by molar-refractivity contribution is -0.00239. The van der Waals surface area contributed by atoms with Crippen molar-refractivity contribution in [1.82, 2.24) is 8.61 Å². The van der Waals surface area contributed by atoms with Gasteiger partial charge in [0.15, 0.2) is 0 Å². The number of anilines is 2. The van der Waals surface area contributed by atoms with Gasteiger partial charge in [0.05, 0.1) is 13.2 Å². The maximum atomic E-state index is 13.1. The smallest absolute Gasteiger partial charge is 0.252 e. The Bertz CT molecular complexity index is 2410. The lowest BCUT2D eigenvalue weighted by atomic mass is 9.96. The first-order valence-corrected chi connectivity index (χ1v) is 25.8. The number of thiophene rings is 2. The summed E-state index contributed by atoms with van der Waals surface area (Å²) in [6.07, 6.45) is 1.43. The standard InChI is InChI=1S/2C24H28N2O4S2/c2*1-24(28,18-27)20-9-11-21(12-10-20)26-14-13-25(32(29,30)23-8-5-15-31-23)17-22(26)16-19-6-3-2-4-7-19/h2*2-12,15,22,27-28H,13-14,16-18H2,1H3/t22-,24+;22-,24-/m00/s1. The van der Waals surface area contributed by atoms with E-state index in [-0.39, 0.29) is 25.3 Å². The van der Waals surface area contributed by atoms with Crippen LogP contribution in [0.25, 0.3) is 0 Å². The summed E-state index contributed by atoms with van der Waals surface area (Å²) < 4.78 is 56.5. The molecular formula is C48H56N4O8S4. The SMILES string of the molecule is C[C@@](O)(CO)c1ccc(N2CCN(S(=O)(=O)c3cccs3)C[C@@H]2Cc2ccccc2)cc1.C[C@](O)(CO)c1ccc(N2CCN(S(=O)(=O)c3cccs3)C[C@@H]2Cc2ccccc2)cc1. The van der Waals surface area contributed by atoms with Crippen molar-refractivity contribution in [3.8, 4) is 0 Å². The van der Waals surface area contributed by atoms with Gasteiger partial charge in [-0.15, -0.1) is 22.7 Å². The van der Waals surface area contributed by atoms with Gasteiger partial charge in [0.2, 0.25) is 0 Å². The highest BCUT2D eigenvalue weighted by atomic mass is 32.3. The minimum atomic E-state index is -3.51. The van der Waals surface area contributed by atoms with Crippen molar-refractivity contribution in [2.24, 2.45) is 0 Å². The van der Waals surface area contributed by atoms with E-state index >= 15 is 0 Å². The first-order chi connectivity index (χ1) is 30.6. The van der Waals surface area contributed by atoms with Crippen molar-refractivity contribution < 1.29 is 37.3 Å². The van der Waals surface area contributed by atoms with E-state index < -0.39 is 31.2 Å². The van der Waals surface area contributed by atoms with Crippen LogP contribution in [0.15, 0.2) is 153 Å². The molecule has 0 unspecified atom stereocenters. The average molecular weight is 945 g/mol. The van der Waals surface area contributed by atoms with Crippen LogP contribution in [-0.2, 0) is 44.1 Å². The van der Waals surface area contributed by atoms with Crippen LogP contribution in [0.4, 0.5) is 11.4 Å². The molecule has 8 rings (SSSR count). The highest BCUT2D eigenvalue weighted by Gasteiger charge is 2.37. The third-order valence-corrected chi connectivity index (χ3v) is 18.4. The van der Waals surface area contributed by atoms with Gasteiger partial charge in [-0.1, -0.05) is 97.1 Å². The fraction of sp³-hybridized carbons (Fsp3) is 0.333. The van der Waals surface area contributed by atoms with Gasteiger partial charge in [0.1, 0.15) is 19.6 Å². The lowest BCUT2D eigenvalue weighted by Gasteiger charge is -2.42. The van der Waals surface area contributed by atoms with Gasteiger partial charge in [0, 0.05) is 62.7 Å². The van der Waals surface area contributed by atoms with Gasteiger partial charge in [0.25, 0.3) is 20.0 Å². The topological polar surface area (TPSA) is 162 Å². The Hall–Kier alpha value is -4.46. The molecule has 4 atom stereocenters. The summed E-state index contributed by atoms with van der Waals surface area (Å²) in [5, 5.41) is 43.1. The van der Waals surface area contributed by atoms with Crippen molar-refractivity contribution in [2.45, 2.75) is 58.4 Å². The summed E-state index contributed by atoms with van der Waals surface area (Å²) in [6.45, 7) is 5.17. The minimum absolute atomic E-state index is 0.0370. The molecule has 4 aromatic carbocycles. The number of sulfonamides is 2. The fourth-order valence-electron chi connectivity index (χ4n) is 8.17. The predicted molar refractivity (Wildman–Crippen MR) is 255 cm³/mol. The molecule has 0 saturated carbocycles. The van der Waals surface area contributed by atoms with Crippen LogP contribution in [0, 0.1) is 0 Å². The quantitative estimate of drug-likeness (QED) is 0.0999. The number of rotatable bonds is 14. The first kappa shape index (κ1) is 47.5. The molecule has 2 fully saturated rings. The zero-order valence-electron chi connectivity index (χ0n) is 35.9. The molecule has 2 aliphatic rings. The molecule has 0 aliphatic carbocycles. The number of aliphatic hydroxyl groups excluding tert-OH is 2. The highest BCUT2D eigenvalue weighted by molar-refractivity contribution is 7.91. The average Bonchev–Trinajstić information content (AvgIpc) is 4.08. The van der Waals surface area contributed by atoms with E-state index in [2.05, 4.69) is 34.1 Å². The molecule has 2 saturated heterocycles. The second-order valence-corrected chi connectivity index (χ2v) is 22.8. The van der Waals surface area contributed by atoms with Crippen LogP contribution in [-0.4, -0.2) is 110 Å². The minimum Gasteiger partial charge on any atom is -0.393 e. The van der Waals surface area contributed by atoms with Crippen molar-refractivity contribution in [1.29, 1.82) is 0 Å². The molecular weight excluding hydrogens is 889 g/mol. The van der Waals surface area contributed by atoms with Crippen LogP contribution in [0.5, 0.6) is 0 Å². The van der Waals surface area contributed by atoms with Crippen LogP contribution in [0.1, 0.15) is 36.1 Å². The molecule has 2 aromatic heterocycles. The van der Waals surface area contributed by atoms with Gasteiger partial charge >= 0.3 is 0 Å². The summed E-state index contributed by atoms with van der Waals surface area (Å²) in [5.41, 5.74) is 2.93. The lowest BCUT2D eigenvalue weighted by Crippen LogP contribution is -2.55. The Labute approximate surface area is 385 Å². The second-order valence-electron chi connectivity index (χ2n) is 16.6. The van der Waals surface area contributed by atoms with E-state index in [9.17, 15) is 37.3 Å². The number of hydrogen-bond donors (Lipinski definition) is 4. The third kappa shape index (κ3) is 11.0. The number of piperazine rings is 2. The molecule has 0 spiro atoms. The third-order valence-electron chi connectivity index (χ3n) is 12.0. The molecule has 340 valence electrons. The van der Waals surface area contributed by atoms with Crippen molar-refractivity contribution in [3.05, 3.63) is 166 Å². The summed E-state index contributed by atoms with van der Waals surface area (Å²) in [4.78, 5) is 4.48. The van der Waals surface area contributed by atoms with E-state index in [1.807, 2.05) is 84.9 Å². The summed E-state index contributed by atoms with van der Waals surface area (Å²) >= 11 is 2.49. The second kappa shape index (κ2) is 20.4. The van der Waals surface area contributed by atoms with Crippen LogP contribution in [0.2, 0.25) is 0 Å². The van der Waals surface area contributed by atoms with Gasteiger partial charge in [-0.3, -0.25) is 0 Å². The van der Waals surface area contributed by atoms with E-state index in [1.54, 1.807) is 57.5 Å². The van der Waals surface area contributed by atoms with Crippen molar-refractivity contribution >= 4 is 54.1 Å². The van der Waals surface area contributed by atoms with E-state index in [0.29, 0.717) is 71.7 Å². The van der Waals surface area contributed by atoms with E-state index in [0.717, 1.165) is 22.5 Å². The zero-order valence-corrected chi connectivity index (χ0v) is 39.2. The number of nitrogens with zero attached hydrogens (tertiary/aromatic N) is 4. The van der Waals surface area contributed by atoms with Crippen molar-refractivity contribution in [2.75, 3.05) is 62.3 Å². The van der Waals surface area contributed by atoms with Gasteiger partial charge in [-0.05, 0) is 96.1 Å². The summed E-state index contributed by atoms with van der Waals surface area (Å²) in [6, 6.07) is 41.9. The Morgan fingerprint density at radius 2 is 0.875 bits per heavy atom. The molecule has 0 amide bonds. The van der Waals surface area contributed by atoms with E-state index in [1.165, 1.54) is 22.7 Å². The number of aliphatic hydroxyl groups is 4. The number of benzene rings is 4.